The molecule has 11 heavy (non-hydrogen) atoms. The van der Waals surface area contributed by atoms with E-state index < -0.39 is 11.9 Å². The van der Waals surface area contributed by atoms with Gasteiger partial charge in [-0.05, 0) is 6.92 Å². The summed E-state index contributed by atoms with van der Waals surface area (Å²) in [5.74, 6) is -2.11. The third kappa shape index (κ3) is 7.20. The van der Waals surface area contributed by atoms with Crippen LogP contribution in [0.25, 0.3) is 0 Å². The van der Waals surface area contributed by atoms with Crippen LogP contribution in [0, 0.1) is 0 Å². The number of hydrogen-bond acceptors (Lipinski definition) is 2. The largest absolute Gasteiger partial charge is 0.481 e. The topological polar surface area (TPSA) is 74.6 Å². The molecule has 0 fully saturated rings. The molecule has 0 unspecified atom stereocenters. The molecule has 58 valence electrons. The van der Waals surface area contributed by atoms with Gasteiger partial charge in [-0.3, -0.25) is 4.79 Å². The van der Waals surface area contributed by atoms with Crippen LogP contribution in [0.5, 0.6) is 0 Å². The van der Waals surface area contributed by atoms with Crippen molar-refractivity contribution in [2.45, 2.75) is 13.3 Å². The molecular weight excluding hydrogens is 201 g/mol. The van der Waals surface area contributed by atoms with Gasteiger partial charge in [0.25, 0.3) is 0 Å². The first-order valence-corrected chi connectivity index (χ1v) is 2.66. The maximum Gasteiger partial charge on any atom is 0.330 e. The summed E-state index contributed by atoms with van der Waals surface area (Å²) >= 11 is 0. The Morgan fingerprint density at radius 3 is 2.09 bits per heavy atom. The summed E-state index contributed by atoms with van der Waals surface area (Å²) in [6.45, 7) is 1.35. The summed E-state index contributed by atoms with van der Waals surface area (Å²) in [6, 6.07) is 0. The van der Waals surface area contributed by atoms with Crippen LogP contribution in [0.15, 0.2) is 11.6 Å². The van der Waals surface area contributed by atoms with Crippen LogP contribution in [-0.2, 0) is 29.1 Å². The summed E-state index contributed by atoms with van der Waals surface area (Å²) in [6.07, 6.45) is 0.919. The smallest absolute Gasteiger partial charge is 0.330 e. The van der Waals surface area contributed by atoms with E-state index in [1.165, 1.54) is 6.92 Å². The van der Waals surface area contributed by atoms with Gasteiger partial charge in [-0.1, -0.05) is 6.08 Å². The molecular formula is C6H8O4Zn. The molecule has 0 aromatic heterocycles. The minimum Gasteiger partial charge on any atom is -0.481 e. The number of rotatable bonds is 3. The van der Waals surface area contributed by atoms with Crippen molar-refractivity contribution in [3.63, 3.8) is 0 Å². The van der Waals surface area contributed by atoms with Gasteiger partial charge in [-0.15, -0.1) is 0 Å². The Balaban J connectivity index is 0. The van der Waals surface area contributed by atoms with Gasteiger partial charge in [-0.25, -0.2) is 4.79 Å². The van der Waals surface area contributed by atoms with Crippen LogP contribution in [0.2, 0.25) is 0 Å². The van der Waals surface area contributed by atoms with E-state index in [1.807, 2.05) is 0 Å². The van der Waals surface area contributed by atoms with Crippen molar-refractivity contribution in [1.29, 1.82) is 0 Å². The Bertz CT molecular complexity index is 185. The van der Waals surface area contributed by atoms with Gasteiger partial charge < -0.3 is 10.2 Å². The van der Waals surface area contributed by atoms with Crippen molar-refractivity contribution in [3.05, 3.63) is 11.6 Å². The maximum absolute atomic E-state index is 10.1. The van der Waals surface area contributed by atoms with Crippen LogP contribution >= 0.6 is 0 Å². The summed E-state index contributed by atoms with van der Waals surface area (Å²) < 4.78 is 0. The zero-order chi connectivity index (χ0) is 8.15. The Morgan fingerprint density at radius 2 is 1.82 bits per heavy atom. The Morgan fingerprint density at radius 1 is 1.36 bits per heavy atom. The van der Waals surface area contributed by atoms with Crippen molar-refractivity contribution < 1.29 is 39.3 Å². The van der Waals surface area contributed by atoms with E-state index in [4.69, 9.17) is 10.2 Å². The minimum atomic E-state index is -1.08. The van der Waals surface area contributed by atoms with Gasteiger partial charge in [-0.2, -0.15) is 0 Å². The Hall–Kier alpha value is -0.697. The van der Waals surface area contributed by atoms with Crippen LogP contribution in [0.4, 0.5) is 0 Å². The molecule has 0 saturated heterocycles. The second-order valence-corrected chi connectivity index (χ2v) is 1.79. The van der Waals surface area contributed by atoms with Gasteiger partial charge in [0.1, 0.15) is 0 Å². The van der Waals surface area contributed by atoms with Gasteiger partial charge in [0.2, 0.25) is 0 Å². The summed E-state index contributed by atoms with van der Waals surface area (Å²) in [4.78, 5) is 19.9. The predicted octanol–water partition coefficient (Wildman–Crippen LogP) is 0.490. The van der Waals surface area contributed by atoms with Crippen LogP contribution in [0.3, 0.4) is 0 Å². The van der Waals surface area contributed by atoms with Crippen molar-refractivity contribution >= 4 is 11.9 Å². The zero-order valence-corrected chi connectivity index (χ0v) is 9.17. The predicted molar refractivity (Wildman–Crippen MR) is 33.6 cm³/mol. The molecule has 0 rings (SSSR count). The zero-order valence-electron chi connectivity index (χ0n) is 6.20. The van der Waals surface area contributed by atoms with E-state index >= 15 is 0 Å². The van der Waals surface area contributed by atoms with Gasteiger partial charge in [0, 0.05) is 25.1 Å². The van der Waals surface area contributed by atoms with E-state index in [1.54, 1.807) is 0 Å². The third-order valence-electron chi connectivity index (χ3n) is 0.920. The molecule has 0 heterocycles. The molecule has 0 atom stereocenters. The average Bonchev–Trinajstić information content (AvgIpc) is 1.82. The number of hydrogen-bond donors (Lipinski definition) is 2. The standard InChI is InChI=1S/C6H8O4.Zn/c1-4(6(9)10)2-3-5(7)8;/h2H,3H2,1H3,(H,7,8)(H,9,10);. The Labute approximate surface area is 76.7 Å². The van der Waals surface area contributed by atoms with Crippen molar-refractivity contribution in [1.82, 2.24) is 0 Å². The van der Waals surface area contributed by atoms with Crippen LogP contribution < -0.4 is 0 Å². The van der Waals surface area contributed by atoms with E-state index in [0.29, 0.717) is 0 Å². The van der Waals surface area contributed by atoms with Gasteiger partial charge in [0.15, 0.2) is 0 Å². The van der Waals surface area contributed by atoms with E-state index in [2.05, 4.69) is 0 Å². The van der Waals surface area contributed by atoms with E-state index in [9.17, 15) is 9.59 Å². The third-order valence-corrected chi connectivity index (χ3v) is 0.920. The fourth-order valence-corrected chi connectivity index (χ4v) is 0.328. The molecule has 0 radical (unpaired) electrons. The maximum atomic E-state index is 10.1. The van der Waals surface area contributed by atoms with E-state index in [-0.39, 0.29) is 31.5 Å². The molecule has 0 saturated carbocycles. The summed E-state index contributed by atoms with van der Waals surface area (Å²) in [5, 5.41) is 16.3. The first-order chi connectivity index (χ1) is 4.54. The molecule has 0 bridgehead atoms. The Kier molecular flexibility index (Phi) is 7.10. The normalized spacial score (nSPS) is 10.1. The monoisotopic (exact) mass is 208 g/mol. The van der Waals surface area contributed by atoms with Gasteiger partial charge >= 0.3 is 11.9 Å². The number of carbonyl (C=O) groups is 2. The van der Waals surface area contributed by atoms with Gasteiger partial charge in [0.05, 0.1) is 6.42 Å². The molecule has 4 nitrogen and oxygen atoms in total. The molecule has 0 amide bonds. The number of carboxylic acid groups (broad SMARTS) is 2. The first-order valence-electron chi connectivity index (χ1n) is 2.66. The van der Waals surface area contributed by atoms with Crippen LogP contribution in [0.1, 0.15) is 13.3 Å². The molecule has 0 aromatic carbocycles. The fourth-order valence-electron chi connectivity index (χ4n) is 0.328. The summed E-state index contributed by atoms with van der Waals surface area (Å²) in [5.41, 5.74) is 0.0578. The molecule has 5 heteroatoms. The molecule has 0 aromatic rings. The molecule has 0 aliphatic rings. The summed E-state index contributed by atoms with van der Waals surface area (Å²) in [7, 11) is 0. The second kappa shape index (κ2) is 6.04. The van der Waals surface area contributed by atoms with Crippen molar-refractivity contribution in [3.8, 4) is 0 Å². The molecule has 0 aliphatic heterocycles. The fraction of sp³-hybridized carbons (Fsp3) is 0.333. The van der Waals surface area contributed by atoms with E-state index in [0.717, 1.165) is 6.08 Å². The molecule has 2 N–H and O–H groups in total. The second-order valence-electron chi connectivity index (χ2n) is 1.79. The average molecular weight is 210 g/mol. The molecule has 0 spiro atoms. The minimum absolute atomic E-state index is 0. The van der Waals surface area contributed by atoms with Crippen LogP contribution in [-0.4, -0.2) is 22.2 Å². The van der Waals surface area contributed by atoms with Crippen molar-refractivity contribution in [2.75, 3.05) is 0 Å². The number of carboxylic acids is 2. The SMILES string of the molecule is CC(=CCC(=O)O)C(=O)O.[Zn]. The quantitative estimate of drug-likeness (QED) is 0.524. The first kappa shape index (κ1) is 12.9. The molecule has 0 aliphatic carbocycles. The van der Waals surface area contributed by atoms with Crippen molar-refractivity contribution in [2.24, 2.45) is 0 Å². The number of aliphatic carboxylic acids is 2.